The highest BCUT2D eigenvalue weighted by molar-refractivity contribution is 6.31. The van der Waals surface area contributed by atoms with Gasteiger partial charge in [0, 0.05) is 42.0 Å². The van der Waals surface area contributed by atoms with Crippen molar-refractivity contribution in [3.05, 3.63) is 76.6 Å². The number of carbonyl (C=O) groups excluding carboxylic acids is 2. The fourth-order valence-electron chi connectivity index (χ4n) is 3.53. The van der Waals surface area contributed by atoms with Crippen LogP contribution in [0.15, 0.2) is 59.1 Å². The van der Waals surface area contributed by atoms with Crippen LogP contribution >= 0.6 is 11.6 Å². The fourth-order valence-corrected chi connectivity index (χ4v) is 3.72. The van der Waals surface area contributed by atoms with Crippen molar-refractivity contribution in [3.8, 4) is 5.75 Å². The topological polar surface area (TPSA) is 106 Å². The van der Waals surface area contributed by atoms with Crippen LogP contribution in [0.5, 0.6) is 5.75 Å². The third kappa shape index (κ3) is 7.54. The summed E-state index contributed by atoms with van der Waals surface area (Å²) in [7, 11) is 0. The van der Waals surface area contributed by atoms with E-state index in [9.17, 15) is 9.59 Å². The lowest BCUT2D eigenvalue weighted by Gasteiger charge is -2.26. The summed E-state index contributed by atoms with van der Waals surface area (Å²) >= 11 is 5.94. The Morgan fingerprint density at radius 3 is 2.63 bits per heavy atom. The Balaban J connectivity index is 1.19. The van der Waals surface area contributed by atoms with E-state index in [2.05, 4.69) is 20.7 Å². The molecule has 0 unspecified atom stereocenters. The number of rotatable bonds is 10. The Bertz CT molecular complexity index is 1130. The van der Waals surface area contributed by atoms with Crippen molar-refractivity contribution >= 4 is 29.1 Å². The SMILES string of the molecule is O=C(Nc1ccc(OCc2cc(C(=O)NCCCN3CCOCC3)no2)cc1)c1cccc(Cl)c1. The zero-order valence-electron chi connectivity index (χ0n) is 19.2. The van der Waals surface area contributed by atoms with Gasteiger partial charge < -0.3 is 24.6 Å². The van der Waals surface area contributed by atoms with Crippen LogP contribution in [0.3, 0.4) is 0 Å². The molecule has 184 valence electrons. The predicted octanol–water partition coefficient (Wildman–Crippen LogP) is 3.61. The van der Waals surface area contributed by atoms with Crippen molar-refractivity contribution in [3.63, 3.8) is 0 Å². The Kier molecular flexibility index (Phi) is 8.72. The van der Waals surface area contributed by atoms with Crippen LogP contribution in [0, 0.1) is 0 Å². The molecule has 35 heavy (non-hydrogen) atoms. The largest absolute Gasteiger partial charge is 0.486 e. The summed E-state index contributed by atoms with van der Waals surface area (Å²) < 4.78 is 16.2. The second-order valence-electron chi connectivity index (χ2n) is 8.02. The highest BCUT2D eigenvalue weighted by Gasteiger charge is 2.14. The maximum atomic E-state index is 12.3. The second kappa shape index (κ2) is 12.3. The van der Waals surface area contributed by atoms with Crippen LogP contribution in [0.25, 0.3) is 0 Å². The highest BCUT2D eigenvalue weighted by Crippen LogP contribution is 2.19. The molecule has 0 aliphatic carbocycles. The van der Waals surface area contributed by atoms with Gasteiger partial charge in [-0.3, -0.25) is 14.5 Å². The van der Waals surface area contributed by atoms with Crippen LogP contribution < -0.4 is 15.4 Å². The fraction of sp³-hybridized carbons (Fsp3) is 0.320. The molecular weight excluding hydrogens is 472 g/mol. The van der Waals surface area contributed by atoms with Gasteiger partial charge in [0.1, 0.15) is 12.4 Å². The van der Waals surface area contributed by atoms with E-state index in [-0.39, 0.29) is 24.1 Å². The molecule has 1 aromatic heterocycles. The second-order valence-corrected chi connectivity index (χ2v) is 8.46. The molecule has 2 aromatic carbocycles. The number of benzene rings is 2. The van der Waals surface area contributed by atoms with Crippen LogP contribution in [0.4, 0.5) is 5.69 Å². The predicted molar refractivity (Wildman–Crippen MR) is 131 cm³/mol. The summed E-state index contributed by atoms with van der Waals surface area (Å²) in [5, 5.41) is 9.99. The molecule has 2 heterocycles. The lowest BCUT2D eigenvalue weighted by Crippen LogP contribution is -2.38. The molecule has 2 amide bonds. The van der Waals surface area contributed by atoms with Crippen LogP contribution in [0.1, 0.15) is 33.0 Å². The van der Waals surface area contributed by atoms with Crippen molar-refractivity contribution < 1.29 is 23.6 Å². The summed E-state index contributed by atoms with van der Waals surface area (Å²) in [4.78, 5) is 26.9. The van der Waals surface area contributed by atoms with Gasteiger partial charge in [-0.25, -0.2) is 0 Å². The summed E-state index contributed by atoms with van der Waals surface area (Å²) in [6, 6.07) is 15.2. The first-order valence-corrected chi connectivity index (χ1v) is 11.8. The number of carbonyl (C=O) groups is 2. The van der Waals surface area contributed by atoms with E-state index in [1.54, 1.807) is 54.6 Å². The first kappa shape index (κ1) is 24.7. The lowest BCUT2D eigenvalue weighted by molar-refractivity contribution is 0.0374. The number of ether oxygens (including phenoxy) is 2. The Morgan fingerprint density at radius 2 is 1.86 bits per heavy atom. The minimum atomic E-state index is -0.276. The van der Waals surface area contributed by atoms with Gasteiger partial charge in [0.15, 0.2) is 11.5 Å². The molecule has 3 aromatic rings. The van der Waals surface area contributed by atoms with Gasteiger partial charge >= 0.3 is 0 Å². The Hall–Kier alpha value is -3.40. The molecule has 1 saturated heterocycles. The molecule has 0 bridgehead atoms. The van der Waals surface area contributed by atoms with Crippen LogP contribution in [-0.4, -0.2) is 61.3 Å². The average Bonchev–Trinajstić information content (AvgIpc) is 3.36. The number of hydrogen-bond donors (Lipinski definition) is 2. The third-order valence-electron chi connectivity index (χ3n) is 5.41. The van der Waals surface area contributed by atoms with E-state index in [0.717, 1.165) is 39.3 Å². The number of aromatic nitrogens is 1. The van der Waals surface area contributed by atoms with Crippen molar-refractivity contribution in [2.24, 2.45) is 0 Å². The smallest absolute Gasteiger partial charge is 0.273 e. The van der Waals surface area contributed by atoms with Crippen molar-refractivity contribution in [2.45, 2.75) is 13.0 Å². The molecule has 10 heteroatoms. The first-order chi connectivity index (χ1) is 17.1. The zero-order valence-corrected chi connectivity index (χ0v) is 19.9. The van der Waals surface area contributed by atoms with Gasteiger partial charge in [-0.05, 0) is 55.4 Å². The number of amides is 2. The summed E-state index contributed by atoms with van der Waals surface area (Å²) in [6.07, 6.45) is 0.856. The number of anilines is 1. The molecule has 0 radical (unpaired) electrons. The first-order valence-electron chi connectivity index (χ1n) is 11.4. The number of hydrogen-bond acceptors (Lipinski definition) is 7. The molecule has 4 rings (SSSR count). The van der Waals surface area contributed by atoms with E-state index >= 15 is 0 Å². The molecule has 0 spiro atoms. The van der Waals surface area contributed by atoms with Crippen LogP contribution in [-0.2, 0) is 11.3 Å². The normalized spacial score (nSPS) is 13.9. The quantitative estimate of drug-likeness (QED) is 0.411. The van der Waals surface area contributed by atoms with Gasteiger partial charge in [0.25, 0.3) is 11.8 Å². The minimum Gasteiger partial charge on any atom is -0.486 e. The molecule has 0 saturated carbocycles. The zero-order chi connectivity index (χ0) is 24.5. The van der Waals surface area contributed by atoms with Crippen molar-refractivity contribution in [1.29, 1.82) is 0 Å². The molecular formula is C25H27ClN4O5. The van der Waals surface area contributed by atoms with Gasteiger partial charge in [-0.1, -0.05) is 22.8 Å². The monoisotopic (exact) mass is 498 g/mol. The molecule has 1 aliphatic heterocycles. The Morgan fingerprint density at radius 1 is 1.06 bits per heavy atom. The van der Waals surface area contributed by atoms with Crippen LogP contribution in [0.2, 0.25) is 5.02 Å². The molecule has 1 aliphatic rings. The number of nitrogens with zero attached hydrogens (tertiary/aromatic N) is 2. The summed E-state index contributed by atoms with van der Waals surface area (Å²) in [5.74, 6) is 0.481. The van der Waals surface area contributed by atoms with E-state index in [0.29, 0.717) is 34.3 Å². The highest BCUT2D eigenvalue weighted by atomic mass is 35.5. The van der Waals surface area contributed by atoms with E-state index in [1.807, 2.05) is 0 Å². The van der Waals surface area contributed by atoms with E-state index < -0.39 is 0 Å². The van der Waals surface area contributed by atoms with Gasteiger partial charge in [0.05, 0.1) is 13.2 Å². The van der Waals surface area contributed by atoms with Gasteiger partial charge in [0.2, 0.25) is 0 Å². The minimum absolute atomic E-state index is 0.117. The Labute approximate surface area is 208 Å². The van der Waals surface area contributed by atoms with Crippen molar-refractivity contribution in [2.75, 3.05) is 44.7 Å². The van der Waals surface area contributed by atoms with E-state index in [1.165, 1.54) is 0 Å². The lowest BCUT2D eigenvalue weighted by atomic mass is 10.2. The maximum Gasteiger partial charge on any atom is 0.273 e. The average molecular weight is 499 g/mol. The molecule has 2 N–H and O–H groups in total. The van der Waals surface area contributed by atoms with E-state index in [4.69, 9.17) is 25.6 Å². The number of nitrogens with one attached hydrogen (secondary N) is 2. The third-order valence-corrected chi connectivity index (χ3v) is 5.65. The number of halogens is 1. The molecule has 1 fully saturated rings. The number of morpholine rings is 1. The maximum absolute atomic E-state index is 12.3. The standard InChI is InChI=1S/C25H27ClN4O5/c26-19-4-1-3-18(15-19)24(31)28-20-5-7-21(8-6-20)34-17-22-16-23(29-35-22)25(32)27-9-2-10-30-11-13-33-14-12-30/h1,3-8,15-16H,2,9-14,17H2,(H,27,32)(H,28,31). The molecule has 9 nitrogen and oxygen atoms in total. The van der Waals surface area contributed by atoms with Crippen molar-refractivity contribution in [1.82, 2.24) is 15.4 Å². The molecule has 0 atom stereocenters. The summed E-state index contributed by atoms with van der Waals surface area (Å²) in [6.45, 7) is 4.99. The van der Waals surface area contributed by atoms with Gasteiger partial charge in [-0.15, -0.1) is 0 Å². The summed E-state index contributed by atoms with van der Waals surface area (Å²) in [5.41, 5.74) is 1.31. The van der Waals surface area contributed by atoms with Gasteiger partial charge in [-0.2, -0.15) is 0 Å².